The van der Waals surface area contributed by atoms with Gasteiger partial charge in [-0.15, -0.1) is 0 Å². The zero-order valence-corrected chi connectivity index (χ0v) is 17.0. The van der Waals surface area contributed by atoms with E-state index in [-0.39, 0.29) is 6.42 Å². The molecule has 5 unspecified atom stereocenters. The lowest BCUT2D eigenvalue weighted by molar-refractivity contribution is -0.145. The fraction of sp³-hybridized carbons (Fsp3) is 0.524. The molecule has 0 aliphatic rings. The summed E-state index contributed by atoms with van der Waals surface area (Å²) in [6, 6.07) is 0. The summed E-state index contributed by atoms with van der Waals surface area (Å²) in [6.07, 6.45) is 5.58. The molecule has 0 amide bonds. The minimum atomic E-state index is -1.18. The number of carbonyl (C=O) groups is 1. The van der Waals surface area contributed by atoms with Crippen LogP contribution in [0.2, 0.25) is 0 Å². The zero-order chi connectivity index (χ0) is 21.4. The minimum Gasteiger partial charge on any atom is -0.481 e. The van der Waals surface area contributed by atoms with Crippen molar-refractivity contribution in [3.05, 3.63) is 47.2 Å². The molecule has 28 heavy (non-hydrogen) atoms. The number of aliphatic carboxylic acids is 1. The Hall–Kier alpha value is -2.22. The molecular weight excluding hydrogens is 362 g/mol. The van der Waals surface area contributed by atoms with Crippen molar-refractivity contribution >= 4 is 12.0 Å². The van der Waals surface area contributed by atoms with E-state index >= 15 is 0 Å². The Morgan fingerprint density at radius 1 is 1.21 bits per heavy atom. The number of oxazole rings is 1. The highest BCUT2D eigenvalue weighted by molar-refractivity contribution is 5.70. The van der Waals surface area contributed by atoms with Gasteiger partial charge in [-0.1, -0.05) is 25.2 Å². The first-order chi connectivity index (χ1) is 13.0. The van der Waals surface area contributed by atoms with Gasteiger partial charge in [-0.3, -0.25) is 4.79 Å². The number of rotatable bonds is 10. The standard InChI is InChI=1S/C21H31NO6/c1-12(9-17-11-28-16(5)22-17)7-6-8-13(2)20(25)14(3)18(23)10-19(24)15(4)21(26)27/h6-9,11,14-15,18-20,23-25H,10H2,1-5H3,(H,26,27). The third-order valence-electron chi connectivity index (χ3n) is 4.75. The van der Waals surface area contributed by atoms with Crippen molar-refractivity contribution in [1.29, 1.82) is 0 Å². The number of nitrogens with zero attached hydrogens (tertiary/aromatic N) is 1. The fourth-order valence-corrected chi connectivity index (χ4v) is 2.63. The number of aliphatic hydroxyl groups excluding tert-OH is 3. The van der Waals surface area contributed by atoms with E-state index in [2.05, 4.69) is 4.98 Å². The van der Waals surface area contributed by atoms with E-state index in [1.165, 1.54) is 6.92 Å². The van der Waals surface area contributed by atoms with Crippen LogP contribution in [-0.4, -0.2) is 49.7 Å². The summed E-state index contributed by atoms with van der Waals surface area (Å²) in [4.78, 5) is 15.1. The lowest BCUT2D eigenvalue weighted by atomic mass is 9.87. The van der Waals surface area contributed by atoms with Crippen molar-refractivity contribution in [2.45, 2.75) is 59.4 Å². The number of hydrogen-bond donors (Lipinski definition) is 4. The SMILES string of the molecule is CC(C=CC=C(C)C(O)C(C)C(O)CC(O)C(C)C(=O)O)=Cc1coc(C)n1. The van der Waals surface area contributed by atoms with Crippen LogP contribution in [0.25, 0.3) is 6.08 Å². The van der Waals surface area contributed by atoms with Crippen LogP contribution in [0.1, 0.15) is 45.7 Å². The summed E-state index contributed by atoms with van der Waals surface area (Å²) < 4.78 is 5.14. The zero-order valence-electron chi connectivity index (χ0n) is 17.0. The molecule has 0 fully saturated rings. The van der Waals surface area contributed by atoms with Gasteiger partial charge in [-0.2, -0.15) is 0 Å². The molecule has 7 nitrogen and oxygen atoms in total. The normalized spacial score (nSPS) is 18.7. The second kappa shape index (κ2) is 10.9. The number of aromatic nitrogens is 1. The average Bonchev–Trinajstić information content (AvgIpc) is 3.03. The Labute approximate surface area is 165 Å². The maximum atomic E-state index is 10.9. The molecule has 0 aliphatic heterocycles. The van der Waals surface area contributed by atoms with Gasteiger partial charge >= 0.3 is 5.97 Å². The van der Waals surface area contributed by atoms with Crippen LogP contribution >= 0.6 is 0 Å². The second-order valence-electron chi connectivity index (χ2n) is 7.25. The molecular formula is C21H31NO6. The predicted octanol–water partition coefficient (Wildman–Crippen LogP) is 2.72. The van der Waals surface area contributed by atoms with E-state index in [4.69, 9.17) is 9.52 Å². The van der Waals surface area contributed by atoms with Crippen molar-refractivity contribution in [3.8, 4) is 0 Å². The Morgan fingerprint density at radius 2 is 1.86 bits per heavy atom. The first-order valence-corrected chi connectivity index (χ1v) is 9.25. The van der Waals surface area contributed by atoms with Gasteiger partial charge in [-0.25, -0.2) is 4.98 Å². The molecule has 0 radical (unpaired) electrons. The van der Waals surface area contributed by atoms with Gasteiger partial charge in [0.25, 0.3) is 0 Å². The van der Waals surface area contributed by atoms with Crippen molar-refractivity contribution in [2.75, 3.05) is 0 Å². The van der Waals surface area contributed by atoms with Crippen LogP contribution in [0.3, 0.4) is 0 Å². The van der Waals surface area contributed by atoms with Gasteiger partial charge in [0.15, 0.2) is 5.89 Å². The summed E-state index contributed by atoms with van der Waals surface area (Å²) in [6.45, 7) is 8.47. The largest absolute Gasteiger partial charge is 0.481 e. The molecule has 7 heteroatoms. The van der Waals surface area contributed by atoms with Gasteiger partial charge in [0.1, 0.15) is 12.0 Å². The fourth-order valence-electron chi connectivity index (χ4n) is 2.63. The summed E-state index contributed by atoms with van der Waals surface area (Å²) >= 11 is 0. The summed E-state index contributed by atoms with van der Waals surface area (Å²) in [7, 11) is 0. The monoisotopic (exact) mass is 393 g/mol. The number of allylic oxidation sites excluding steroid dienone is 4. The maximum absolute atomic E-state index is 10.9. The summed E-state index contributed by atoms with van der Waals surface area (Å²) in [5.41, 5.74) is 2.32. The van der Waals surface area contributed by atoms with Crippen LogP contribution in [0.4, 0.5) is 0 Å². The third-order valence-corrected chi connectivity index (χ3v) is 4.75. The number of carboxylic acids is 1. The molecule has 0 spiro atoms. The summed E-state index contributed by atoms with van der Waals surface area (Å²) in [5.74, 6) is -2.08. The van der Waals surface area contributed by atoms with Crippen LogP contribution < -0.4 is 0 Å². The van der Waals surface area contributed by atoms with Crippen molar-refractivity contribution < 1.29 is 29.6 Å². The number of carboxylic acid groups (broad SMARTS) is 1. The molecule has 5 atom stereocenters. The van der Waals surface area contributed by atoms with Gasteiger partial charge in [0.05, 0.1) is 24.2 Å². The van der Waals surface area contributed by atoms with E-state index in [9.17, 15) is 20.1 Å². The smallest absolute Gasteiger partial charge is 0.308 e. The van der Waals surface area contributed by atoms with Crippen LogP contribution in [0.5, 0.6) is 0 Å². The van der Waals surface area contributed by atoms with Gasteiger partial charge < -0.3 is 24.8 Å². The van der Waals surface area contributed by atoms with Crippen LogP contribution in [0, 0.1) is 18.8 Å². The molecule has 0 saturated heterocycles. The molecule has 0 aliphatic carbocycles. The Balaban J connectivity index is 2.67. The van der Waals surface area contributed by atoms with Crippen molar-refractivity contribution in [1.82, 2.24) is 4.98 Å². The lowest BCUT2D eigenvalue weighted by Crippen LogP contribution is -2.36. The van der Waals surface area contributed by atoms with E-state index < -0.39 is 36.1 Å². The van der Waals surface area contributed by atoms with Gasteiger partial charge in [0.2, 0.25) is 0 Å². The number of aryl methyl sites for hydroxylation is 1. The molecule has 1 aromatic rings. The van der Waals surface area contributed by atoms with E-state index in [0.29, 0.717) is 11.5 Å². The second-order valence-corrected chi connectivity index (χ2v) is 7.25. The molecule has 0 aromatic carbocycles. The van der Waals surface area contributed by atoms with Gasteiger partial charge in [-0.05, 0) is 38.0 Å². The average molecular weight is 393 g/mol. The molecule has 156 valence electrons. The molecule has 1 rings (SSSR count). The Kier molecular flexibility index (Phi) is 9.31. The van der Waals surface area contributed by atoms with Crippen LogP contribution in [0.15, 0.2) is 40.1 Å². The minimum absolute atomic E-state index is 0.117. The lowest BCUT2D eigenvalue weighted by Gasteiger charge is -2.27. The first-order valence-electron chi connectivity index (χ1n) is 9.25. The quantitative estimate of drug-likeness (QED) is 0.451. The predicted molar refractivity (Wildman–Crippen MR) is 106 cm³/mol. The van der Waals surface area contributed by atoms with Crippen molar-refractivity contribution in [3.63, 3.8) is 0 Å². The van der Waals surface area contributed by atoms with E-state index in [0.717, 1.165) is 11.3 Å². The molecule has 0 saturated carbocycles. The topological polar surface area (TPSA) is 124 Å². The van der Waals surface area contributed by atoms with E-state index in [1.807, 2.05) is 19.1 Å². The molecule has 4 N–H and O–H groups in total. The molecule has 0 bridgehead atoms. The molecule has 1 aromatic heterocycles. The first kappa shape index (κ1) is 23.8. The summed E-state index contributed by atoms with van der Waals surface area (Å²) in [5, 5.41) is 39.5. The highest BCUT2D eigenvalue weighted by atomic mass is 16.4. The third kappa shape index (κ3) is 7.42. The Bertz CT molecular complexity index is 733. The van der Waals surface area contributed by atoms with E-state index in [1.54, 1.807) is 39.2 Å². The number of aliphatic hydroxyl groups is 3. The highest BCUT2D eigenvalue weighted by Crippen LogP contribution is 2.21. The maximum Gasteiger partial charge on any atom is 0.308 e. The Morgan fingerprint density at radius 3 is 2.39 bits per heavy atom. The number of hydrogen-bond acceptors (Lipinski definition) is 6. The van der Waals surface area contributed by atoms with Crippen molar-refractivity contribution in [2.24, 2.45) is 11.8 Å². The van der Waals surface area contributed by atoms with Crippen LogP contribution in [-0.2, 0) is 4.79 Å². The molecule has 1 heterocycles. The van der Waals surface area contributed by atoms with Gasteiger partial charge in [0, 0.05) is 19.3 Å². The highest BCUT2D eigenvalue weighted by Gasteiger charge is 2.29.